The molecule has 0 N–H and O–H groups in total. The quantitative estimate of drug-likeness (QED) is 0.608. The first-order chi connectivity index (χ1) is 5.65. The molecule has 1 aromatic rings. The minimum Gasteiger partial charge on any atom is -0.315 e. The van der Waals surface area contributed by atoms with Crippen molar-refractivity contribution in [1.29, 1.82) is 0 Å². The Balaban J connectivity index is 0.00000144. The lowest BCUT2D eigenvalue weighted by Crippen LogP contribution is -2.18. The fourth-order valence-corrected chi connectivity index (χ4v) is 0.821. The Morgan fingerprint density at radius 1 is 1.75 bits per heavy atom. The smallest absolute Gasteiger partial charge is 0.268 e. The highest BCUT2D eigenvalue weighted by molar-refractivity contribution is 5.93. The summed E-state index contributed by atoms with van der Waals surface area (Å²) in [5.74, 6) is -0.0504. The Bertz CT molecular complexity index is 359. The maximum atomic E-state index is 11.1. The third-order valence-electron chi connectivity index (χ3n) is 1.58. The normalized spacial score (nSPS) is 9.83. The van der Waals surface area contributed by atoms with E-state index in [-0.39, 0.29) is 12.8 Å². The number of ketones is 1. The van der Waals surface area contributed by atoms with Crippen LogP contribution in [-0.2, 0) is 7.05 Å². The number of rotatable bonds is 2. The molecule has 0 aliphatic rings. The van der Waals surface area contributed by atoms with E-state index in [4.69, 9.17) is 0 Å². The Labute approximate surface area is 71.3 Å². The summed E-state index contributed by atoms with van der Waals surface area (Å²) in [4.78, 5) is 25.7. The van der Waals surface area contributed by atoms with Crippen LogP contribution in [0.25, 0.3) is 0 Å². The predicted octanol–water partition coefficient (Wildman–Crippen LogP) is 0.619. The fourth-order valence-electron chi connectivity index (χ4n) is 0.821. The van der Waals surface area contributed by atoms with Crippen LogP contribution in [0.4, 0.5) is 0 Å². The number of hydrogen-bond acceptors (Lipinski definition) is 3. The predicted molar refractivity (Wildman–Crippen MR) is 46.2 cm³/mol. The van der Waals surface area contributed by atoms with E-state index in [1.807, 2.05) is 0 Å². The minimum atomic E-state index is -0.206. The van der Waals surface area contributed by atoms with Crippen molar-refractivity contribution in [1.82, 2.24) is 9.55 Å². The average Bonchev–Trinajstić information content (AvgIpc) is 2.08. The van der Waals surface area contributed by atoms with Crippen molar-refractivity contribution in [2.45, 2.75) is 13.3 Å². The summed E-state index contributed by atoms with van der Waals surface area (Å²) in [5, 5.41) is 0. The number of hydrogen-bond donors (Lipinski definition) is 0. The van der Waals surface area contributed by atoms with Crippen molar-refractivity contribution in [2.24, 2.45) is 7.05 Å². The fraction of sp³-hybridized carbons (Fsp3) is 0.375. The zero-order chi connectivity index (χ0) is 9.14. The molecule has 0 saturated carbocycles. The molecule has 66 valence electrons. The van der Waals surface area contributed by atoms with Gasteiger partial charge in [0.25, 0.3) is 5.56 Å². The highest BCUT2D eigenvalue weighted by Gasteiger charge is 2.04. The number of nitrogens with zero attached hydrogens (tertiary/aromatic N) is 2. The van der Waals surface area contributed by atoms with Gasteiger partial charge in [0.1, 0.15) is 5.69 Å². The molecule has 0 aliphatic heterocycles. The number of aryl methyl sites for hydroxylation is 1. The molecule has 0 spiro atoms. The lowest BCUT2D eigenvalue weighted by Gasteiger charge is -1.98. The van der Waals surface area contributed by atoms with Gasteiger partial charge in [0.05, 0.1) is 6.20 Å². The SMILES string of the molecule is CCC(=O)c1cn(C)c(=O)cn1.[HH]. The van der Waals surface area contributed by atoms with Gasteiger partial charge in [0.15, 0.2) is 5.78 Å². The second-order valence-electron chi connectivity index (χ2n) is 2.50. The van der Waals surface area contributed by atoms with Gasteiger partial charge in [-0.05, 0) is 0 Å². The van der Waals surface area contributed by atoms with Crippen LogP contribution in [0.15, 0.2) is 17.2 Å². The second-order valence-corrected chi connectivity index (χ2v) is 2.50. The van der Waals surface area contributed by atoms with Gasteiger partial charge >= 0.3 is 0 Å². The molecule has 0 atom stereocenters. The summed E-state index contributed by atoms with van der Waals surface area (Å²) >= 11 is 0. The van der Waals surface area contributed by atoms with Gasteiger partial charge in [-0.2, -0.15) is 0 Å². The molecule has 0 aromatic carbocycles. The minimum absolute atomic E-state index is 0. The topological polar surface area (TPSA) is 52.0 Å². The number of carbonyl (C=O) groups is 1. The Morgan fingerprint density at radius 2 is 2.42 bits per heavy atom. The maximum absolute atomic E-state index is 11.1. The monoisotopic (exact) mass is 168 g/mol. The van der Waals surface area contributed by atoms with Crippen LogP contribution >= 0.6 is 0 Å². The van der Waals surface area contributed by atoms with Crippen molar-refractivity contribution in [2.75, 3.05) is 0 Å². The molecule has 0 bridgehead atoms. The Morgan fingerprint density at radius 3 is 2.92 bits per heavy atom. The van der Waals surface area contributed by atoms with Gasteiger partial charge < -0.3 is 4.57 Å². The van der Waals surface area contributed by atoms with Gasteiger partial charge in [-0.1, -0.05) is 6.92 Å². The molecule has 4 heteroatoms. The third-order valence-corrected chi connectivity index (χ3v) is 1.58. The van der Waals surface area contributed by atoms with E-state index >= 15 is 0 Å². The van der Waals surface area contributed by atoms with Crippen LogP contribution in [0.3, 0.4) is 0 Å². The highest BCUT2D eigenvalue weighted by atomic mass is 16.1. The zero-order valence-electron chi connectivity index (χ0n) is 7.07. The van der Waals surface area contributed by atoms with E-state index in [0.29, 0.717) is 12.1 Å². The summed E-state index contributed by atoms with van der Waals surface area (Å²) in [6.45, 7) is 1.76. The van der Waals surface area contributed by atoms with E-state index in [2.05, 4.69) is 4.98 Å². The van der Waals surface area contributed by atoms with Crippen LogP contribution in [0.2, 0.25) is 0 Å². The molecule has 0 aliphatic carbocycles. The molecule has 0 unspecified atom stereocenters. The van der Waals surface area contributed by atoms with Gasteiger partial charge in [-0.15, -0.1) is 0 Å². The van der Waals surface area contributed by atoms with Gasteiger partial charge in [-0.3, -0.25) is 9.59 Å². The molecule has 4 nitrogen and oxygen atoms in total. The van der Waals surface area contributed by atoms with Crippen molar-refractivity contribution < 1.29 is 6.22 Å². The molecule has 0 fully saturated rings. The van der Waals surface area contributed by atoms with Gasteiger partial charge in [-0.25, -0.2) is 4.98 Å². The van der Waals surface area contributed by atoms with Crippen molar-refractivity contribution in [3.63, 3.8) is 0 Å². The van der Waals surface area contributed by atoms with E-state index in [9.17, 15) is 9.59 Å². The van der Waals surface area contributed by atoms with Crippen LogP contribution in [0.1, 0.15) is 25.3 Å². The summed E-state index contributed by atoms with van der Waals surface area (Å²) in [7, 11) is 1.59. The molecule has 0 amide bonds. The molecule has 1 rings (SSSR count). The standard InChI is InChI=1S/C8H10N2O2.H2/c1-3-7(11)6-5-10(2)8(12)4-9-6;/h4-5H,3H2,1-2H3;1H. The van der Waals surface area contributed by atoms with E-state index < -0.39 is 0 Å². The molecular formula is C8H12N2O2. The lowest BCUT2D eigenvalue weighted by atomic mass is 10.2. The highest BCUT2D eigenvalue weighted by Crippen LogP contribution is 1.94. The molecule has 12 heavy (non-hydrogen) atoms. The summed E-state index contributed by atoms with van der Waals surface area (Å²) < 4.78 is 1.34. The van der Waals surface area contributed by atoms with Crippen LogP contribution in [-0.4, -0.2) is 15.3 Å². The number of Topliss-reactive ketones (excluding diaryl/α,β-unsaturated/α-hetero) is 1. The first-order valence-electron chi connectivity index (χ1n) is 3.71. The Kier molecular flexibility index (Phi) is 2.38. The Hall–Kier alpha value is -1.45. The maximum Gasteiger partial charge on any atom is 0.268 e. The molecular weight excluding hydrogens is 156 g/mol. The van der Waals surface area contributed by atoms with Crippen molar-refractivity contribution in [3.8, 4) is 0 Å². The average molecular weight is 168 g/mol. The number of carbonyl (C=O) groups excluding carboxylic acids is 1. The lowest BCUT2D eigenvalue weighted by molar-refractivity contribution is 0.0982. The zero-order valence-corrected chi connectivity index (χ0v) is 7.07. The van der Waals surface area contributed by atoms with Crippen LogP contribution in [0, 0.1) is 0 Å². The van der Waals surface area contributed by atoms with Gasteiger partial charge in [0, 0.05) is 21.1 Å². The summed E-state index contributed by atoms with van der Waals surface area (Å²) in [6, 6.07) is 0. The molecule has 1 aromatic heterocycles. The van der Waals surface area contributed by atoms with Gasteiger partial charge in [0.2, 0.25) is 0 Å². The molecule has 1 heterocycles. The van der Waals surface area contributed by atoms with E-state index in [1.165, 1.54) is 10.8 Å². The van der Waals surface area contributed by atoms with Crippen LogP contribution < -0.4 is 5.56 Å². The largest absolute Gasteiger partial charge is 0.315 e. The summed E-state index contributed by atoms with van der Waals surface area (Å²) in [6.07, 6.45) is 3.02. The molecule has 0 radical (unpaired) electrons. The van der Waals surface area contributed by atoms with E-state index in [0.717, 1.165) is 6.20 Å². The van der Waals surface area contributed by atoms with E-state index in [1.54, 1.807) is 14.0 Å². The summed E-state index contributed by atoms with van der Waals surface area (Å²) in [5.41, 5.74) is 0.141. The first kappa shape index (κ1) is 8.64. The van der Waals surface area contributed by atoms with Crippen LogP contribution in [0.5, 0.6) is 0 Å². The van der Waals surface area contributed by atoms with Crippen molar-refractivity contribution in [3.05, 3.63) is 28.4 Å². The number of aromatic nitrogens is 2. The van der Waals surface area contributed by atoms with Crippen molar-refractivity contribution >= 4 is 5.78 Å². The first-order valence-corrected chi connectivity index (χ1v) is 3.71. The third kappa shape index (κ3) is 1.58. The second kappa shape index (κ2) is 3.30. The molecule has 0 saturated heterocycles.